The summed E-state index contributed by atoms with van der Waals surface area (Å²) in [5.41, 5.74) is 1.11. The lowest BCUT2D eigenvalue weighted by atomic mass is 9.46. The second kappa shape index (κ2) is 23.9. The summed E-state index contributed by atoms with van der Waals surface area (Å²) in [6.45, 7) is 15.9. The van der Waals surface area contributed by atoms with Crippen LogP contribution in [0.25, 0.3) is 0 Å². The maximum absolute atomic E-state index is 14.2. The molecule has 3 saturated carbocycles. The fourth-order valence-electron chi connectivity index (χ4n) is 14.6. The van der Waals surface area contributed by atoms with Crippen molar-refractivity contribution in [2.24, 2.45) is 46.3 Å². The van der Waals surface area contributed by atoms with Gasteiger partial charge in [0.1, 0.15) is 41.5 Å². The average molecular weight is 1070 g/mol. The van der Waals surface area contributed by atoms with Crippen LogP contribution in [0.2, 0.25) is 0 Å². The summed E-state index contributed by atoms with van der Waals surface area (Å²) in [6.07, 6.45) is 1.89. The van der Waals surface area contributed by atoms with E-state index in [1.54, 1.807) is 14.2 Å². The minimum absolute atomic E-state index is 0.0138. The zero-order valence-electron chi connectivity index (χ0n) is 46.7. The van der Waals surface area contributed by atoms with Crippen molar-refractivity contribution in [3.05, 3.63) is 71.3 Å². The van der Waals surface area contributed by atoms with Gasteiger partial charge in [0.05, 0.1) is 66.1 Å². The highest BCUT2D eigenvalue weighted by Crippen LogP contribution is 2.70. The maximum atomic E-state index is 14.2. The number of benzene rings is 2. The van der Waals surface area contributed by atoms with Gasteiger partial charge in [-0.05, 0) is 117 Å². The molecule has 0 amide bonds. The van der Waals surface area contributed by atoms with Crippen molar-refractivity contribution < 1.29 is 71.3 Å². The molecule has 17 heteroatoms. The predicted octanol–water partition coefficient (Wildman–Crippen LogP) is 8.55. The summed E-state index contributed by atoms with van der Waals surface area (Å²) in [4.78, 5) is 13.3. The van der Waals surface area contributed by atoms with Crippen molar-refractivity contribution in [1.29, 1.82) is 1.34 Å². The van der Waals surface area contributed by atoms with E-state index in [2.05, 4.69) is 40.7 Å². The minimum Gasteiger partial charge on any atom is -0.497 e. The van der Waals surface area contributed by atoms with Crippen LogP contribution in [0.5, 0.6) is 11.5 Å². The number of fused-ring (bicyclic) bond motifs is 5. The first kappa shape index (κ1) is 55.5. The van der Waals surface area contributed by atoms with E-state index in [9.17, 15) is 15.0 Å². The summed E-state index contributed by atoms with van der Waals surface area (Å²) in [5.74, 6) is 0.0690. The SMILES string of the molecule is [3H][B]SO[C@H]1CC[C@@]2(C)C(=CC[C@@H]3[C@@H]2CC[C@@]2(C)[C@H]3C[C@H](OC3OCC(C)C(OC4OCC(OCc5ccc(OC)cc5)C(OCc5ccc(OC)cc5)C4O)C3OC(C)=O)[C@]2(O)[C@H](C)C2(CCC(C)C)OCCO2)C1. The number of hydrogen-bond acceptors (Lipinski definition) is 16. The molecule has 17 atom stereocenters. The van der Waals surface area contributed by atoms with Crippen LogP contribution in [0.1, 0.15) is 117 Å². The standard InChI is InChI=1S/C58H84BO15S/c1-34(2)20-25-57(69-26-27-70-57)36(4)58(62)48(29-46-44-19-14-40-28-43(74-75-59)21-23-55(40,6)45(44)22-24-56(46,58)7)72-54-52(71-37(5)60)50(35(3)30-67-54)73-53-49(61)51(66-32-39-12-17-42(64-9)18-13-39)47(33-68-53)65-31-38-10-15-41(63-8)16-11-38/h10-18,34-36,43-54,59,61-62H,19-33H2,1-9H3/t35?,36-,43+,44-,45+,46+,47?,48+,49?,50?,51?,52?,53?,54?,55+,56+,58-/m1/s1/i59T. The molecule has 15 nitrogen and oxygen atoms in total. The van der Waals surface area contributed by atoms with Gasteiger partial charge in [-0.15, -0.1) is 0 Å². The Kier molecular flexibility index (Phi) is 17.7. The molecule has 4 aliphatic carbocycles. The molecular formula is C58H84BO15S. The van der Waals surface area contributed by atoms with Crippen LogP contribution in [0.3, 0.4) is 0 Å². The van der Waals surface area contributed by atoms with Crippen molar-refractivity contribution >= 4 is 25.0 Å². The molecular weight excluding hydrogens is 980 g/mol. The number of carbonyl (C=O) groups is 1. The third kappa shape index (κ3) is 11.4. The number of allylic oxidation sites excluding steroid dienone is 1. The van der Waals surface area contributed by atoms with Gasteiger partial charge in [-0.1, -0.05) is 89.4 Å². The molecule has 0 bridgehead atoms. The van der Waals surface area contributed by atoms with Crippen LogP contribution >= 0.6 is 11.9 Å². The molecule has 2 aromatic rings. The van der Waals surface area contributed by atoms with Crippen LogP contribution in [-0.4, -0.2) is 132 Å². The van der Waals surface area contributed by atoms with Crippen LogP contribution in [0.15, 0.2) is 60.2 Å². The largest absolute Gasteiger partial charge is 0.497 e. The van der Waals surface area contributed by atoms with Crippen LogP contribution in [0, 0.1) is 46.3 Å². The maximum Gasteiger partial charge on any atom is 0.303 e. The Morgan fingerprint density at radius 3 is 2.17 bits per heavy atom. The molecule has 3 heterocycles. The van der Waals surface area contributed by atoms with Gasteiger partial charge in [-0.3, -0.25) is 4.79 Å². The van der Waals surface area contributed by atoms with Gasteiger partial charge in [0, 0.05) is 30.6 Å². The van der Waals surface area contributed by atoms with Gasteiger partial charge < -0.3 is 66.5 Å². The summed E-state index contributed by atoms with van der Waals surface area (Å²) in [5, 5.41) is 26.5. The van der Waals surface area contributed by atoms with Gasteiger partial charge in [-0.25, -0.2) is 0 Å². The second-order valence-corrected chi connectivity index (χ2v) is 23.9. The Hall–Kier alpha value is -2.78. The van der Waals surface area contributed by atoms with Crippen LogP contribution in [0.4, 0.5) is 0 Å². The third-order valence-electron chi connectivity index (χ3n) is 18.9. The van der Waals surface area contributed by atoms with E-state index in [0.29, 0.717) is 43.6 Å². The highest BCUT2D eigenvalue weighted by Gasteiger charge is 2.73. The van der Waals surface area contributed by atoms with E-state index in [1.807, 2.05) is 55.5 Å². The van der Waals surface area contributed by atoms with Crippen LogP contribution in [-0.2, 0) is 64.8 Å². The Balaban J connectivity index is 0.992. The van der Waals surface area contributed by atoms with E-state index in [-0.39, 0.29) is 55.7 Å². The number of aliphatic hydroxyl groups excluding tert-OH is 1. The number of methoxy groups -OCH3 is 2. The molecule has 415 valence electrons. The highest BCUT2D eigenvalue weighted by molar-refractivity contribution is 8.15. The Morgan fingerprint density at radius 1 is 0.867 bits per heavy atom. The summed E-state index contributed by atoms with van der Waals surface area (Å²) in [6, 6.07) is 15.1. The lowest BCUT2D eigenvalue weighted by Gasteiger charge is -2.60. The minimum atomic E-state index is -1.48. The van der Waals surface area contributed by atoms with Gasteiger partial charge in [0.25, 0.3) is 0 Å². The zero-order chi connectivity index (χ0) is 54.0. The molecule has 8 unspecified atom stereocenters. The van der Waals surface area contributed by atoms with E-state index in [4.69, 9.17) is 57.6 Å². The van der Waals surface area contributed by atoms with Crippen molar-refractivity contribution in [3.63, 3.8) is 0 Å². The lowest BCUT2D eigenvalue weighted by Crippen LogP contribution is -2.66. The molecule has 6 fully saturated rings. The first-order valence-corrected chi connectivity index (χ1v) is 28.4. The third-order valence-corrected chi connectivity index (χ3v) is 19.3. The molecule has 2 N–H and O–H groups in total. The predicted molar refractivity (Wildman–Crippen MR) is 283 cm³/mol. The lowest BCUT2D eigenvalue weighted by molar-refractivity contribution is -0.349. The van der Waals surface area contributed by atoms with Gasteiger partial charge >= 0.3 is 5.97 Å². The molecule has 0 aromatic heterocycles. The smallest absolute Gasteiger partial charge is 0.303 e. The fraction of sp³-hybridized carbons (Fsp3) is 0.741. The van der Waals surface area contributed by atoms with Gasteiger partial charge in [0.2, 0.25) is 7.09 Å². The Bertz CT molecular complexity index is 2250. The summed E-state index contributed by atoms with van der Waals surface area (Å²) >= 11 is 1.11. The average Bonchev–Trinajstić information content (AvgIpc) is 4.19. The topological polar surface area (TPSA) is 168 Å². The van der Waals surface area contributed by atoms with E-state index in [1.165, 1.54) is 19.6 Å². The van der Waals surface area contributed by atoms with Crippen LogP contribution < -0.4 is 9.47 Å². The summed E-state index contributed by atoms with van der Waals surface area (Å²) in [7, 11) is 4.48. The van der Waals surface area contributed by atoms with Crippen molar-refractivity contribution in [3.8, 4) is 11.5 Å². The monoisotopic (exact) mass is 1070 g/mol. The molecule has 0 spiro atoms. The molecule has 7 aliphatic rings. The van der Waals surface area contributed by atoms with Gasteiger partial charge in [-0.2, -0.15) is 0 Å². The van der Waals surface area contributed by atoms with Crippen molar-refractivity contribution in [1.82, 2.24) is 0 Å². The normalized spacial score (nSPS) is 38.9. The Morgan fingerprint density at radius 2 is 1.53 bits per heavy atom. The number of hydrogen-bond donors (Lipinski definition) is 2. The van der Waals surface area contributed by atoms with Gasteiger partial charge in [0.15, 0.2) is 24.5 Å². The zero-order valence-corrected chi connectivity index (χ0v) is 46.5. The quantitative estimate of drug-likeness (QED) is 0.0528. The van der Waals surface area contributed by atoms with E-state index >= 15 is 0 Å². The molecule has 2 aromatic carbocycles. The molecule has 1 radical (unpaired) electrons. The number of ether oxygens (including phenoxy) is 11. The highest BCUT2D eigenvalue weighted by atomic mass is 32.2. The molecule has 3 saturated heterocycles. The first-order chi connectivity index (χ1) is 36.5. The van der Waals surface area contributed by atoms with E-state index in [0.717, 1.165) is 73.7 Å². The second-order valence-electron chi connectivity index (χ2n) is 23.5. The molecule has 3 aliphatic heterocycles. The number of carbonyl (C=O) groups excluding carboxylic acids is 1. The van der Waals surface area contributed by atoms with E-state index < -0.39 is 77.9 Å². The molecule has 75 heavy (non-hydrogen) atoms. The Labute approximate surface area is 451 Å². The van der Waals surface area contributed by atoms with Crippen molar-refractivity contribution in [2.75, 3.05) is 40.6 Å². The fourth-order valence-corrected chi connectivity index (χ4v) is 14.9. The summed E-state index contributed by atoms with van der Waals surface area (Å²) < 4.78 is 83.9. The van der Waals surface area contributed by atoms with Crippen molar-refractivity contribution in [2.45, 2.75) is 186 Å². The number of esters is 1. The number of aliphatic hydroxyl groups is 2. The first-order valence-electron chi connectivity index (χ1n) is 28.1. The number of rotatable bonds is 21. The molecule has 9 rings (SSSR count).